The first-order chi connectivity index (χ1) is 8.08. The van der Waals surface area contributed by atoms with Crippen molar-refractivity contribution in [2.45, 2.75) is 6.42 Å². The van der Waals surface area contributed by atoms with E-state index in [9.17, 15) is 14.4 Å². The van der Waals surface area contributed by atoms with E-state index in [0.29, 0.717) is 11.4 Å². The molecule has 0 atom stereocenters. The highest BCUT2D eigenvalue weighted by atomic mass is 35.5. The number of imide groups is 2. The molecule has 2 rings (SSSR count). The molecule has 0 aromatic heterocycles. The van der Waals surface area contributed by atoms with Crippen LogP contribution < -0.4 is 5.32 Å². The fourth-order valence-electron chi connectivity index (χ4n) is 1.53. The predicted octanol–water partition coefficient (Wildman–Crippen LogP) is 0.961. The number of rotatable bonds is 3. The van der Waals surface area contributed by atoms with Gasteiger partial charge in [0.1, 0.15) is 0 Å². The van der Waals surface area contributed by atoms with Gasteiger partial charge in [-0.05, 0) is 24.1 Å². The fraction of sp³-hybridized carbons (Fsp3) is 0.182. The van der Waals surface area contributed by atoms with Crippen molar-refractivity contribution in [3.8, 4) is 0 Å². The van der Waals surface area contributed by atoms with Crippen LogP contribution in [0.2, 0.25) is 5.02 Å². The molecule has 0 bridgehead atoms. The SMILES string of the molecule is O=C1NC(=O)N(CCc2ccc(Cl)cc2)C1=O. The van der Waals surface area contributed by atoms with Gasteiger partial charge in [0.25, 0.3) is 0 Å². The smallest absolute Gasteiger partial charge is 0.269 e. The molecule has 0 spiro atoms. The van der Waals surface area contributed by atoms with Gasteiger partial charge in [-0.25, -0.2) is 4.79 Å². The van der Waals surface area contributed by atoms with Crippen LogP contribution in [-0.2, 0) is 16.0 Å². The third kappa shape index (κ3) is 2.45. The Morgan fingerprint density at radius 2 is 1.76 bits per heavy atom. The molecule has 1 aliphatic rings. The molecule has 1 aromatic rings. The minimum absolute atomic E-state index is 0.179. The first-order valence-electron chi connectivity index (χ1n) is 4.99. The number of halogens is 1. The number of hydrogen-bond acceptors (Lipinski definition) is 3. The molecule has 1 aromatic carbocycles. The Morgan fingerprint density at radius 3 is 2.29 bits per heavy atom. The maximum absolute atomic E-state index is 11.3. The highest BCUT2D eigenvalue weighted by Gasteiger charge is 2.36. The normalized spacial score (nSPS) is 15.4. The Kier molecular flexibility index (Phi) is 3.10. The molecular formula is C11H9ClN2O3. The van der Waals surface area contributed by atoms with Crippen molar-refractivity contribution in [1.82, 2.24) is 10.2 Å². The van der Waals surface area contributed by atoms with Crippen molar-refractivity contribution in [2.24, 2.45) is 0 Å². The van der Waals surface area contributed by atoms with Gasteiger partial charge in [-0.2, -0.15) is 0 Å². The summed E-state index contributed by atoms with van der Waals surface area (Å²) in [6.07, 6.45) is 0.490. The summed E-state index contributed by atoms with van der Waals surface area (Å²) in [6, 6.07) is 6.42. The van der Waals surface area contributed by atoms with E-state index in [1.54, 1.807) is 12.1 Å². The summed E-state index contributed by atoms with van der Waals surface area (Å²) in [5, 5.41) is 2.56. The van der Waals surface area contributed by atoms with E-state index in [1.807, 2.05) is 17.4 Å². The lowest BCUT2D eigenvalue weighted by Crippen LogP contribution is -2.32. The highest BCUT2D eigenvalue weighted by Crippen LogP contribution is 2.11. The summed E-state index contributed by atoms with van der Waals surface area (Å²) in [4.78, 5) is 34.3. The van der Waals surface area contributed by atoms with Crippen molar-refractivity contribution in [2.75, 3.05) is 6.54 Å². The van der Waals surface area contributed by atoms with Crippen LogP contribution in [0.1, 0.15) is 5.56 Å². The van der Waals surface area contributed by atoms with Crippen molar-refractivity contribution in [1.29, 1.82) is 0 Å². The van der Waals surface area contributed by atoms with Gasteiger partial charge in [-0.1, -0.05) is 23.7 Å². The Hall–Kier alpha value is -1.88. The molecule has 1 saturated heterocycles. The minimum Gasteiger partial charge on any atom is -0.269 e. The maximum atomic E-state index is 11.3. The summed E-state index contributed by atoms with van der Waals surface area (Å²) in [6.45, 7) is 0.179. The zero-order chi connectivity index (χ0) is 12.4. The van der Waals surface area contributed by atoms with E-state index in [-0.39, 0.29) is 6.54 Å². The lowest BCUT2D eigenvalue weighted by atomic mass is 10.1. The zero-order valence-corrected chi connectivity index (χ0v) is 9.53. The average Bonchev–Trinajstić information content (AvgIpc) is 2.54. The number of nitrogens with one attached hydrogen (secondary N) is 1. The van der Waals surface area contributed by atoms with Crippen LogP contribution in [0.15, 0.2) is 24.3 Å². The van der Waals surface area contributed by atoms with Crippen LogP contribution in [0.25, 0.3) is 0 Å². The molecule has 1 heterocycles. The third-order valence-corrected chi connectivity index (χ3v) is 2.69. The molecule has 1 aliphatic heterocycles. The number of benzene rings is 1. The van der Waals surface area contributed by atoms with Crippen LogP contribution in [0.5, 0.6) is 0 Å². The van der Waals surface area contributed by atoms with Crippen molar-refractivity contribution >= 4 is 29.4 Å². The van der Waals surface area contributed by atoms with Gasteiger partial charge in [0.05, 0.1) is 0 Å². The molecule has 88 valence electrons. The summed E-state index contributed by atoms with van der Waals surface area (Å²) < 4.78 is 0. The standard InChI is InChI=1S/C11H9ClN2O3/c12-8-3-1-7(2-4-8)5-6-14-10(16)9(15)13-11(14)17/h1-4H,5-6H2,(H,13,15,17). The van der Waals surface area contributed by atoms with Crippen LogP contribution in [0.4, 0.5) is 4.79 Å². The lowest BCUT2D eigenvalue weighted by molar-refractivity contribution is -0.140. The van der Waals surface area contributed by atoms with Crippen molar-refractivity contribution in [3.05, 3.63) is 34.9 Å². The second kappa shape index (κ2) is 4.55. The minimum atomic E-state index is -0.869. The van der Waals surface area contributed by atoms with E-state index in [2.05, 4.69) is 0 Å². The Bertz CT molecular complexity index is 484. The van der Waals surface area contributed by atoms with Crippen LogP contribution in [-0.4, -0.2) is 29.3 Å². The number of carbonyl (C=O) groups is 3. The topological polar surface area (TPSA) is 66.5 Å². The monoisotopic (exact) mass is 252 g/mol. The first kappa shape index (κ1) is 11.6. The maximum Gasteiger partial charge on any atom is 0.331 e. The second-order valence-corrected chi connectivity index (χ2v) is 4.03. The highest BCUT2D eigenvalue weighted by molar-refractivity contribution is 6.44. The van der Waals surface area contributed by atoms with Gasteiger partial charge in [-0.15, -0.1) is 0 Å². The molecule has 6 heteroatoms. The molecule has 0 radical (unpaired) electrons. The van der Waals surface area contributed by atoms with Crippen molar-refractivity contribution in [3.63, 3.8) is 0 Å². The predicted molar refractivity (Wildman–Crippen MR) is 60.4 cm³/mol. The van der Waals surface area contributed by atoms with Gasteiger partial charge < -0.3 is 0 Å². The molecular weight excluding hydrogens is 244 g/mol. The van der Waals surface area contributed by atoms with Gasteiger partial charge >= 0.3 is 17.8 Å². The molecule has 0 saturated carbocycles. The molecule has 1 fully saturated rings. The Morgan fingerprint density at radius 1 is 1.12 bits per heavy atom. The fourth-order valence-corrected chi connectivity index (χ4v) is 1.65. The van der Waals surface area contributed by atoms with E-state index in [0.717, 1.165) is 10.5 Å². The van der Waals surface area contributed by atoms with E-state index in [4.69, 9.17) is 11.6 Å². The first-order valence-corrected chi connectivity index (χ1v) is 5.37. The number of carbonyl (C=O) groups excluding carboxylic acids is 3. The molecule has 17 heavy (non-hydrogen) atoms. The Balaban J connectivity index is 1.99. The molecule has 0 unspecified atom stereocenters. The summed E-state index contributed by atoms with van der Waals surface area (Å²) in [7, 11) is 0. The lowest BCUT2D eigenvalue weighted by Gasteiger charge is -2.10. The average molecular weight is 253 g/mol. The largest absolute Gasteiger partial charge is 0.331 e. The molecule has 5 nitrogen and oxygen atoms in total. The van der Waals surface area contributed by atoms with Gasteiger partial charge in [-0.3, -0.25) is 19.8 Å². The summed E-state index contributed by atoms with van der Waals surface area (Å²) in [5.74, 6) is -1.67. The van der Waals surface area contributed by atoms with E-state index < -0.39 is 17.8 Å². The van der Waals surface area contributed by atoms with E-state index in [1.165, 1.54) is 0 Å². The van der Waals surface area contributed by atoms with Crippen LogP contribution >= 0.6 is 11.6 Å². The van der Waals surface area contributed by atoms with Gasteiger partial charge in [0.15, 0.2) is 0 Å². The number of nitrogens with zero attached hydrogens (tertiary/aromatic N) is 1. The van der Waals surface area contributed by atoms with Crippen molar-refractivity contribution < 1.29 is 14.4 Å². The quantitative estimate of drug-likeness (QED) is 0.644. The van der Waals surface area contributed by atoms with E-state index >= 15 is 0 Å². The summed E-state index contributed by atoms with van der Waals surface area (Å²) in [5.41, 5.74) is 0.939. The Labute approximate surface area is 102 Å². The van der Waals surface area contributed by atoms with Crippen LogP contribution in [0, 0.1) is 0 Å². The van der Waals surface area contributed by atoms with Gasteiger partial charge in [0, 0.05) is 11.6 Å². The molecule has 4 amide bonds. The van der Waals surface area contributed by atoms with Gasteiger partial charge in [0.2, 0.25) is 0 Å². The molecule has 1 N–H and O–H groups in total. The summed E-state index contributed by atoms with van der Waals surface area (Å²) >= 11 is 5.73. The number of amides is 4. The number of hydrogen-bond donors (Lipinski definition) is 1. The molecule has 0 aliphatic carbocycles. The number of urea groups is 1. The second-order valence-electron chi connectivity index (χ2n) is 3.59. The zero-order valence-electron chi connectivity index (χ0n) is 8.77. The van der Waals surface area contributed by atoms with Crippen LogP contribution in [0.3, 0.4) is 0 Å². The third-order valence-electron chi connectivity index (χ3n) is 2.44.